The maximum absolute atomic E-state index is 11.7. The van der Waals surface area contributed by atoms with Crippen molar-refractivity contribution in [3.05, 3.63) is 21.3 Å². The van der Waals surface area contributed by atoms with Gasteiger partial charge in [0.15, 0.2) is 0 Å². The van der Waals surface area contributed by atoms with Crippen molar-refractivity contribution in [3.63, 3.8) is 0 Å². The summed E-state index contributed by atoms with van der Waals surface area (Å²) in [7, 11) is 0. The fraction of sp³-hybridized carbons (Fsp3) is 0.500. The van der Waals surface area contributed by atoms with Crippen LogP contribution in [0.1, 0.15) is 23.5 Å². The van der Waals surface area contributed by atoms with Crippen LogP contribution in [0.25, 0.3) is 0 Å². The normalized spacial score (nSPS) is 14.7. The van der Waals surface area contributed by atoms with E-state index in [9.17, 15) is 4.79 Å². The molecule has 0 aliphatic rings. The van der Waals surface area contributed by atoms with Crippen LogP contribution in [-0.4, -0.2) is 17.8 Å². The fourth-order valence-corrected chi connectivity index (χ4v) is 2.32. The predicted octanol–water partition coefficient (Wildman–Crippen LogP) is 3.39. The maximum Gasteiger partial charge on any atom is 0.263 e. The molecule has 0 radical (unpaired) electrons. The first-order valence-electron chi connectivity index (χ1n) is 4.66. The van der Waals surface area contributed by atoms with Crippen molar-refractivity contribution < 1.29 is 4.79 Å². The van der Waals surface area contributed by atoms with Crippen LogP contribution in [0.4, 0.5) is 0 Å². The summed E-state index contributed by atoms with van der Waals surface area (Å²) in [6.07, 6.45) is 0. The minimum Gasteiger partial charge on any atom is -0.349 e. The Morgan fingerprint density at radius 2 is 2.27 bits per heavy atom. The zero-order valence-electron chi connectivity index (χ0n) is 8.59. The Labute approximate surface area is 104 Å². The highest BCUT2D eigenvalue weighted by molar-refractivity contribution is 7.12. The average Bonchev–Trinajstić information content (AvgIpc) is 2.63. The molecule has 1 rings (SSSR count). The van der Waals surface area contributed by atoms with Crippen molar-refractivity contribution in [2.75, 3.05) is 5.88 Å². The molecule has 0 aliphatic heterocycles. The first kappa shape index (κ1) is 12.8. The summed E-state index contributed by atoms with van der Waals surface area (Å²) >= 11 is 12.9. The summed E-state index contributed by atoms with van der Waals surface area (Å²) in [5.41, 5.74) is 0. The van der Waals surface area contributed by atoms with E-state index in [1.807, 2.05) is 13.8 Å². The van der Waals surface area contributed by atoms with Crippen LogP contribution in [0.5, 0.6) is 0 Å². The second-order valence-electron chi connectivity index (χ2n) is 3.49. The molecule has 0 bridgehead atoms. The van der Waals surface area contributed by atoms with Crippen molar-refractivity contribution in [1.82, 2.24) is 5.32 Å². The van der Waals surface area contributed by atoms with Crippen LogP contribution in [0.3, 0.4) is 0 Å². The van der Waals surface area contributed by atoms with Gasteiger partial charge in [0.2, 0.25) is 0 Å². The Morgan fingerprint density at radius 1 is 1.60 bits per heavy atom. The van der Waals surface area contributed by atoms with Crippen molar-refractivity contribution in [1.29, 1.82) is 0 Å². The van der Waals surface area contributed by atoms with E-state index in [0.29, 0.717) is 15.8 Å². The molecule has 0 saturated heterocycles. The highest BCUT2D eigenvalue weighted by Crippen LogP contribution is 2.22. The molecule has 5 heteroatoms. The SMILES string of the molecule is CC(CCl)C(C)NC(=O)c1sccc1Cl. The quantitative estimate of drug-likeness (QED) is 0.831. The van der Waals surface area contributed by atoms with Gasteiger partial charge in [-0.25, -0.2) is 0 Å². The van der Waals surface area contributed by atoms with Gasteiger partial charge in [-0.15, -0.1) is 22.9 Å². The van der Waals surface area contributed by atoms with Crippen LogP contribution in [0.2, 0.25) is 5.02 Å². The Kier molecular flexibility index (Phi) is 4.90. The van der Waals surface area contributed by atoms with Gasteiger partial charge in [0, 0.05) is 11.9 Å². The number of alkyl halides is 1. The molecule has 0 aliphatic carbocycles. The third-order valence-electron chi connectivity index (χ3n) is 2.28. The van der Waals surface area contributed by atoms with Gasteiger partial charge in [-0.05, 0) is 24.3 Å². The van der Waals surface area contributed by atoms with E-state index in [4.69, 9.17) is 23.2 Å². The molecule has 0 aromatic carbocycles. The molecule has 15 heavy (non-hydrogen) atoms. The second-order valence-corrected chi connectivity index (χ2v) is 5.12. The van der Waals surface area contributed by atoms with Gasteiger partial charge in [-0.3, -0.25) is 4.79 Å². The number of thiophene rings is 1. The Bertz CT molecular complexity index is 340. The van der Waals surface area contributed by atoms with E-state index >= 15 is 0 Å². The van der Waals surface area contributed by atoms with E-state index in [1.165, 1.54) is 11.3 Å². The van der Waals surface area contributed by atoms with E-state index < -0.39 is 0 Å². The average molecular weight is 266 g/mol. The lowest BCUT2D eigenvalue weighted by Gasteiger charge is -2.18. The van der Waals surface area contributed by atoms with Gasteiger partial charge in [-0.1, -0.05) is 18.5 Å². The highest BCUT2D eigenvalue weighted by atomic mass is 35.5. The maximum atomic E-state index is 11.7. The number of amides is 1. The van der Waals surface area contributed by atoms with Crippen LogP contribution in [0, 0.1) is 5.92 Å². The van der Waals surface area contributed by atoms with Gasteiger partial charge in [0.25, 0.3) is 5.91 Å². The first-order chi connectivity index (χ1) is 7.06. The molecule has 0 fully saturated rings. The highest BCUT2D eigenvalue weighted by Gasteiger charge is 2.17. The van der Waals surface area contributed by atoms with Crippen molar-refractivity contribution >= 4 is 40.4 Å². The molecule has 0 spiro atoms. The molecule has 1 aromatic rings. The lowest BCUT2D eigenvalue weighted by molar-refractivity contribution is 0.0935. The van der Waals surface area contributed by atoms with Gasteiger partial charge in [0.05, 0.1) is 5.02 Å². The molecule has 2 atom stereocenters. The summed E-state index contributed by atoms with van der Waals surface area (Å²) in [6.45, 7) is 3.93. The zero-order valence-corrected chi connectivity index (χ0v) is 10.9. The number of hydrogen-bond acceptors (Lipinski definition) is 2. The van der Waals surface area contributed by atoms with Crippen molar-refractivity contribution in [2.24, 2.45) is 5.92 Å². The molecule has 84 valence electrons. The molecule has 1 N–H and O–H groups in total. The fourth-order valence-electron chi connectivity index (χ4n) is 1.00. The number of hydrogen-bond donors (Lipinski definition) is 1. The number of nitrogens with one attached hydrogen (secondary N) is 1. The molecule has 1 aromatic heterocycles. The second kappa shape index (κ2) is 5.73. The minimum absolute atomic E-state index is 0.0492. The lowest BCUT2D eigenvalue weighted by atomic mass is 10.1. The van der Waals surface area contributed by atoms with Crippen molar-refractivity contribution in [2.45, 2.75) is 19.9 Å². The zero-order chi connectivity index (χ0) is 11.4. The number of halogens is 2. The summed E-state index contributed by atoms with van der Waals surface area (Å²) in [5, 5.41) is 5.18. The number of carbonyl (C=O) groups is 1. The number of rotatable bonds is 4. The number of carbonyl (C=O) groups excluding carboxylic acids is 1. The summed E-state index contributed by atoms with van der Waals surface area (Å²) in [6, 6.07) is 1.77. The van der Waals surface area contributed by atoms with E-state index in [2.05, 4.69) is 5.32 Å². The van der Waals surface area contributed by atoms with E-state index in [0.717, 1.165) is 0 Å². The van der Waals surface area contributed by atoms with Crippen molar-refractivity contribution in [3.8, 4) is 0 Å². The lowest BCUT2D eigenvalue weighted by Crippen LogP contribution is -2.37. The third-order valence-corrected chi connectivity index (χ3v) is 4.11. The molecule has 1 heterocycles. The Balaban J connectivity index is 2.60. The molecule has 1 amide bonds. The minimum atomic E-state index is -0.125. The van der Waals surface area contributed by atoms with Gasteiger partial charge >= 0.3 is 0 Å². The van der Waals surface area contributed by atoms with E-state index in [1.54, 1.807) is 11.4 Å². The van der Waals surface area contributed by atoms with E-state index in [-0.39, 0.29) is 17.9 Å². The molecule has 2 unspecified atom stereocenters. The smallest absolute Gasteiger partial charge is 0.263 e. The summed E-state index contributed by atoms with van der Waals surface area (Å²) in [5.74, 6) is 0.647. The third kappa shape index (κ3) is 3.37. The Hall–Kier alpha value is -0.250. The summed E-state index contributed by atoms with van der Waals surface area (Å²) < 4.78 is 0. The van der Waals surface area contributed by atoms with Gasteiger partial charge < -0.3 is 5.32 Å². The predicted molar refractivity (Wildman–Crippen MR) is 66.1 cm³/mol. The molecule has 2 nitrogen and oxygen atoms in total. The monoisotopic (exact) mass is 265 g/mol. The van der Waals surface area contributed by atoms with Gasteiger partial charge in [-0.2, -0.15) is 0 Å². The first-order valence-corrected chi connectivity index (χ1v) is 6.45. The van der Waals surface area contributed by atoms with Crippen LogP contribution >= 0.6 is 34.5 Å². The van der Waals surface area contributed by atoms with Crippen LogP contribution in [0.15, 0.2) is 11.4 Å². The largest absolute Gasteiger partial charge is 0.349 e. The topological polar surface area (TPSA) is 29.1 Å². The molecular weight excluding hydrogens is 253 g/mol. The Morgan fingerprint density at radius 3 is 2.73 bits per heavy atom. The molecular formula is C10H13Cl2NOS. The summed E-state index contributed by atoms with van der Waals surface area (Å²) in [4.78, 5) is 12.3. The van der Waals surface area contributed by atoms with Crippen LogP contribution in [-0.2, 0) is 0 Å². The van der Waals surface area contributed by atoms with Gasteiger partial charge in [0.1, 0.15) is 4.88 Å². The standard InChI is InChI=1S/C10H13Cl2NOS/c1-6(5-11)7(2)13-10(14)9-8(12)3-4-15-9/h3-4,6-7H,5H2,1-2H3,(H,13,14). The molecule has 0 saturated carbocycles. The van der Waals surface area contributed by atoms with Crippen LogP contribution < -0.4 is 5.32 Å².